The van der Waals surface area contributed by atoms with E-state index in [-0.39, 0.29) is 12.0 Å². The molecule has 0 aliphatic heterocycles. The summed E-state index contributed by atoms with van der Waals surface area (Å²) in [4.78, 5) is 20.6. The molecule has 5 nitrogen and oxygen atoms in total. The van der Waals surface area contributed by atoms with Crippen molar-refractivity contribution >= 4 is 17.7 Å². The molecule has 0 fully saturated rings. The second-order valence-electron chi connectivity index (χ2n) is 4.64. The van der Waals surface area contributed by atoms with Gasteiger partial charge in [0.2, 0.25) is 0 Å². The quantitative estimate of drug-likeness (QED) is 0.472. The third kappa shape index (κ3) is 4.76. The van der Waals surface area contributed by atoms with Gasteiger partial charge in [0.15, 0.2) is 5.16 Å². The Kier molecular flexibility index (Phi) is 6.95. The highest BCUT2D eigenvalue weighted by Crippen LogP contribution is 2.18. The minimum atomic E-state index is -0.324. The zero-order valence-corrected chi connectivity index (χ0v) is 13.6. The van der Waals surface area contributed by atoms with Crippen molar-refractivity contribution in [2.75, 3.05) is 19.4 Å². The molecule has 1 aromatic heterocycles. The molecule has 20 heavy (non-hydrogen) atoms. The lowest BCUT2D eigenvalue weighted by molar-refractivity contribution is -0.142. The SMILES string of the molecule is CCCNC(CSc1nc(C)c(C)c(C)n1)C(=O)OC. The number of hydrogen-bond donors (Lipinski definition) is 1. The van der Waals surface area contributed by atoms with Gasteiger partial charge in [0.25, 0.3) is 0 Å². The van der Waals surface area contributed by atoms with Crippen molar-refractivity contribution in [3.63, 3.8) is 0 Å². The number of hydrogen-bond acceptors (Lipinski definition) is 6. The Morgan fingerprint density at radius 3 is 2.40 bits per heavy atom. The van der Waals surface area contributed by atoms with Crippen LogP contribution >= 0.6 is 11.8 Å². The van der Waals surface area contributed by atoms with Crippen LogP contribution in [0.15, 0.2) is 5.16 Å². The maximum Gasteiger partial charge on any atom is 0.323 e. The lowest BCUT2D eigenvalue weighted by atomic mass is 10.2. The van der Waals surface area contributed by atoms with Gasteiger partial charge in [-0.25, -0.2) is 9.97 Å². The standard InChI is InChI=1S/C14H23N3O2S/c1-6-7-15-12(13(18)19-5)8-20-14-16-10(3)9(2)11(4)17-14/h12,15H,6-8H2,1-5H3. The molecular formula is C14H23N3O2S. The number of aryl methyl sites for hydroxylation is 2. The summed E-state index contributed by atoms with van der Waals surface area (Å²) in [5, 5.41) is 3.89. The normalized spacial score (nSPS) is 12.2. The molecule has 0 saturated carbocycles. The molecule has 1 heterocycles. The summed E-state index contributed by atoms with van der Waals surface area (Å²) in [7, 11) is 1.41. The fraction of sp³-hybridized carbons (Fsp3) is 0.643. The van der Waals surface area contributed by atoms with Crippen LogP contribution in [0.25, 0.3) is 0 Å². The van der Waals surface area contributed by atoms with Crippen LogP contribution in [0.5, 0.6) is 0 Å². The third-order valence-electron chi connectivity index (χ3n) is 3.12. The van der Waals surface area contributed by atoms with Gasteiger partial charge in [-0.3, -0.25) is 4.79 Å². The highest BCUT2D eigenvalue weighted by Gasteiger charge is 2.19. The molecular weight excluding hydrogens is 274 g/mol. The van der Waals surface area contributed by atoms with Gasteiger partial charge in [-0.1, -0.05) is 18.7 Å². The Morgan fingerprint density at radius 1 is 1.30 bits per heavy atom. The topological polar surface area (TPSA) is 64.1 Å². The molecule has 1 atom stereocenters. The van der Waals surface area contributed by atoms with Crippen molar-refractivity contribution < 1.29 is 9.53 Å². The Hall–Kier alpha value is -1.14. The summed E-state index contributed by atoms with van der Waals surface area (Å²) in [6.45, 7) is 8.80. The largest absolute Gasteiger partial charge is 0.468 e. The lowest BCUT2D eigenvalue weighted by Crippen LogP contribution is -2.40. The smallest absolute Gasteiger partial charge is 0.323 e. The van der Waals surface area contributed by atoms with Crippen molar-refractivity contribution in [3.05, 3.63) is 17.0 Å². The molecule has 0 bridgehead atoms. The number of thioether (sulfide) groups is 1. The number of rotatable bonds is 7. The first-order valence-corrected chi connectivity index (χ1v) is 7.74. The molecule has 0 saturated heterocycles. The van der Waals surface area contributed by atoms with Crippen LogP contribution in [-0.2, 0) is 9.53 Å². The van der Waals surface area contributed by atoms with Crippen LogP contribution < -0.4 is 5.32 Å². The van der Waals surface area contributed by atoms with Crippen LogP contribution in [0.1, 0.15) is 30.3 Å². The number of ether oxygens (including phenoxy) is 1. The molecule has 1 N–H and O–H groups in total. The molecule has 112 valence electrons. The van der Waals surface area contributed by atoms with E-state index in [0.29, 0.717) is 10.9 Å². The number of aromatic nitrogens is 2. The Labute approximate surface area is 124 Å². The Balaban J connectivity index is 2.69. The summed E-state index contributed by atoms with van der Waals surface area (Å²) in [6.07, 6.45) is 0.970. The summed E-state index contributed by atoms with van der Waals surface area (Å²) >= 11 is 1.47. The predicted octanol–water partition coefficient (Wildman–Crippen LogP) is 2.04. The van der Waals surface area contributed by atoms with E-state index in [1.165, 1.54) is 18.9 Å². The van der Waals surface area contributed by atoms with Crippen molar-refractivity contribution in [2.24, 2.45) is 0 Å². The summed E-state index contributed by atoms with van der Waals surface area (Å²) in [5.41, 5.74) is 3.08. The fourth-order valence-corrected chi connectivity index (χ4v) is 2.61. The van der Waals surface area contributed by atoms with Gasteiger partial charge in [0, 0.05) is 17.1 Å². The minimum Gasteiger partial charge on any atom is -0.468 e. The third-order valence-corrected chi connectivity index (χ3v) is 4.06. The first kappa shape index (κ1) is 16.9. The number of carbonyl (C=O) groups excluding carboxylic acids is 1. The maximum atomic E-state index is 11.7. The van der Waals surface area contributed by atoms with Gasteiger partial charge >= 0.3 is 5.97 Å². The summed E-state index contributed by atoms with van der Waals surface area (Å²) < 4.78 is 4.81. The van der Waals surface area contributed by atoms with E-state index < -0.39 is 0 Å². The fourth-order valence-electron chi connectivity index (χ4n) is 1.63. The van der Waals surface area contributed by atoms with Crippen molar-refractivity contribution in [1.29, 1.82) is 0 Å². The van der Waals surface area contributed by atoms with Crippen LogP contribution in [0.4, 0.5) is 0 Å². The van der Waals surface area contributed by atoms with E-state index in [1.807, 2.05) is 20.8 Å². The van der Waals surface area contributed by atoms with Crippen LogP contribution in [0, 0.1) is 20.8 Å². The summed E-state index contributed by atoms with van der Waals surface area (Å²) in [6, 6.07) is -0.324. The molecule has 1 unspecified atom stereocenters. The van der Waals surface area contributed by atoms with Gasteiger partial charge in [-0.15, -0.1) is 0 Å². The first-order valence-electron chi connectivity index (χ1n) is 6.75. The molecule has 0 aliphatic carbocycles. The number of carbonyl (C=O) groups is 1. The van der Waals surface area contributed by atoms with Gasteiger partial charge in [-0.2, -0.15) is 0 Å². The first-order chi connectivity index (χ1) is 9.49. The molecule has 1 aromatic rings. The van der Waals surface area contributed by atoms with E-state index in [1.54, 1.807) is 0 Å². The number of nitrogens with one attached hydrogen (secondary N) is 1. The molecule has 0 spiro atoms. The number of methoxy groups -OCH3 is 1. The highest BCUT2D eigenvalue weighted by atomic mass is 32.2. The molecule has 0 aromatic carbocycles. The number of nitrogens with zero attached hydrogens (tertiary/aromatic N) is 2. The number of esters is 1. The second kappa shape index (κ2) is 8.21. The predicted molar refractivity (Wildman–Crippen MR) is 81.1 cm³/mol. The zero-order valence-electron chi connectivity index (χ0n) is 12.8. The highest BCUT2D eigenvalue weighted by molar-refractivity contribution is 7.99. The average molecular weight is 297 g/mol. The van der Waals surface area contributed by atoms with Crippen molar-refractivity contribution in [1.82, 2.24) is 15.3 Å². The average Bonchev–Trinajstić information content (AvgIpc) is 2.43. The van der Waals surface area contributed by atoms with Crippen molar-refractivity contribution in [2.45, 2.75) is 45.3 Å². The van der Waals surface area contributed by atoms with Gasteiger partial charge in [0.1, 0.15) is 6.04 Å². The molecule has 0 aliphatic rings. The molecule has 6 heteroatoms. The maximum absolute atomic E-state index is 11.7. The van der Waals surface area contributed by atoms with E-state index in [0.717, 1.165) is 29.9 Å². The molecule has 1 rings (SSSR count). The van der Waals surface area contributed by atoms with Crippen LogP contribution in [0.2, 0.25) is 0 Å². The van der Waals surface area contributed by atoms with E-state index in [9.17, 15) is 4.79 Å². The summed E-state index contributed by atoms with van der Waals surface area (Å²) in [5.74, 6) is 0.320. The lowest BCUT2D eigenvalue weighted by Gasteiger charge is -2.15. The molecule has 0 radical (unpaired) electrons. The van der Waals surface area contributed by atoms with Gasteiger partial charge in [-0.05, 0) is 39.3 Å². The van der Waals surface area contributed by atoms with E-state index >= 15 is 0 Å². The van der Waals surface area contributed by atoms with Crippen LogP contribution in [0.3, 0.4) is 0 Å². The van der Waals surface area contributed by atoms with Gasteiger partial charge in [0.05, 0.1) is 7.11 Å². The molecule has 0 amide bonds. The van der Waals surface area contributed by atoms with E-state index in [4.69, 9.17) is 4.74 Å². The zero-order chi connectivity index (χ0) is 15.1. The monoisotopic (exact) mass is 297 g/mol. The minimum absolute atomic E-state index is 0.244. The Morgan fingerprint density at radius 2 is 1.90 bits per heavy atom. The van der Waals surface area contributed by atoms with E-state index in [2.05, 4.69) is 22.2 Å². The second-order valence-corrected chi connectivity index (χ2v) is 5.63. The van der Waals surface area contributed by atoms with Gasteiger partial charge < -0.3 is 10.1 Å². The van der Waals surface area contributed by atoms with Crippen molar-refractivity contribution in [3.8, 4) is 0 Å². The Bertz CT molecular complexity index is 443. The van der Waals surface area contributed by atoms with Crippen LogP contribution in [-0.4, -0.2) is 41.4 Å².